The first kappa shape index (κ1) is 10.5. The van der Waals surface area contributed by atoms with E-state index in [-0.39, 0.29) is 0 Å². The van der Waals surface area contributed by atoms with Crippen molar-refractivity contribution in [3.8, 4) is 11.4 Å². The average molecular weight is 214 g/mol. The Balaban J connectivity index is 2.64. The van der Waals surface area contributed by atoms with Crippen molar-refractivity contribution < 1.29 is 0 Å². The van der Waals surface area contributed by atoms with Crippen LogP contribution in [0.25, 0.3) is 24.5 Å². The van der Waals surface area contributed by atoms with Crippen LogP contribution < -0.4 is 10.7 Å². The highest BCUT2D eigenvalue weighted by atomic mass is 15.1. The van der Waals surface area contributed by atoms with E-state index in [4.69, 9.17) is 0 Å². The molecule has 0 aliphatic rings. The highest BCUT2D eigenvalue weighted by Gasteiger charge is 2.07. The van der Waals surface area contributed by atoms with Crippen LogP contribution in [0.3, 0.4) is 0 Å². The third kappa shape index (κ3) is 1.62. The van der Waals surface area contributed by atoms with Gasteiger partial charge in [-0.05, 0) is 13.8 Å². The van der Waals surface area contributed by atoms with Crippen molar-refractivity contribution in [2.45, 2.75) is 20.4 Å². The van der Waals surface area contributed by atoms with Gasteiger partial charge in [0.05, 0.1) is 16.3 Å². The predicted octanol–water partition coefficient (Wildman–Crippen LogP) is 0.489. The number of hydrogen-bond acceptors (Lipinski definition) is 3. The topological polar surface area (TPSA) is 43.6 Å². The first-order valence-electron chi connectivity index (χ1n) is 5.17. The van der Waals surface area contributed by atoms with Gasteiger partial charge in [-0.15, -0.1) is 0 Å². The lowest BCUT2D eigenvalue weighted by Crippen LogP contribution is -2.26. The summed E-state index contributed by atoms with van der Waals surface area (Å²) >= 11 is 0. The molecule has 0 aliphatic heterocycles. The van der Waals surface area contributed by atoms with E-state index in [1.807, 2.05) is 18.4 Å². The Morgan fingerprint density at radius 1 is 1.25 bits per heavy atom. The van der Waals surface area contributed by atoms with Crippen LogP contribution in [0.4, 0.5) is 0 Å². The Hall–Kier alpha value is -1.97. The zero-order valence-electron chi connectivity index (χ0n) is 9.56. The van der Waals surface area contributed by atoms with Gasteiger partial charge in [-0.2, -0.15) is 0 Å². The average Bonchev–Trinajstić information content (AvgIpc) is 2.56. The highest BCUT2D eigenvalue weighted by Crippen LogP contribution is 2.11. The molecule has 0 fully saturated rings. The Labute approximate surface area is 94.0 Å². The van der Waals surface area contributed by atoms with Crippen molar-refractivity contribution in [3.63, 3.8) is 0 Å². The fourth-order valence-electron chi connectivity index (χ4n) is 1.61. The van der Waals surface area contributed by atoms with Gasteiger partial charge in [-0.3, -0.25) is 0 Å². The molecule has 0 N–H and O–H groups in total. The lowest BCUT2D eigenvalue weighted by molar-refractivity contribution is 0.748. The van der Waals surface area contributed by atoms with Gasteiger partial charge in [0, 0.05) is 18.9 Å². The third-order valence-electron chi connectivity index (χ3n) is 2.51. The minimum Gasteiger partial charge on any atom is -0.325 e. The normalized spacial score (nSPS) is 10.6. The summed E-state index contributed by atoms with van der Waals surface area (Å²) in [6, 6.07) is 0. The maximum Gasteiger partial charge on any atom is 0.144 e. The molecule has 0 unspecified atom stereocenters. The van der Waals surface area contributed by atoms with Gasteiger partial charge < -0.3 is 4.57 Å². The summed E-state index contributed by atoms with van der Waals surface area (Å²) in [5, 5.41) is 1.55. The van der Waals surface area contributed by atoms with Gasteiger partial charge in [-0.25, -0.2) is 15.0 Å². The van der Waals surface area contributed by atoms with Crippen molar-refractivity contribution in [2.24, 2.45) is 0 Å². The number of imidazole rings is 1. The third-order valence-corrected chi connectivity index (χ3v) is 2.51. The molecule has 2 heterocycles. The summed E-state index contributed by atoms with van der Waals surface area (Å²) < 4.78 is 2.01. The van der Waals surface area contributed by atoms with Gasteiger partial charge in [0.25, 0.3) is 0 Å². The summed E-state index contributed by atoms with van der Waals surface area (Å²) in [6.45, 7) is 12.5. The fraction of sp³-hybridized carbons (Fsp3) is 0.250. The molecule has 4 nitrogen and oxygen atoms in total. The molecule has 0 atom stereocenters. The van der Waals surface area contributed by atoms with Crippen LogP contribution in [0.5, 0.6) is 0 Å². The molecule has 82 valence electrons. The van der Waals surface area contributed by atoms with Crippen molar-refractivity contribution in [1.29, 1.82) is 0 Å². The molecule has 2 aromatic heterocycles. The second-order valence-electron chi connectivity index (χ2n) is 3.59. The number of nitrogens with zero attached hydrogens (tertiary/aromatic N) is 4. The monoisotopic (exact) mass is 214 g/mol. The van der Waals surface area contributed by atoms with Gasteiger partial charge in [-0.1, -0.05) is 13.2 Å². The molecule has 0 radical (unpaired) electrons. The molecule has 4 heteroatoms. The number of aromatic nitrogens is 4. The summed E-state index contributed by atoms with van der Waals surface area (Å²) in [5.41, 5.74) is 0.896. The van der Waals surface area contributed by atoms with Crippen molar-refractivity contribution in [3.05, 3.63) is 28.9 Å². The van der Waals surface area contributed by atoms with E-state index in [0.29, 0.717) is 5.35 Å². The Kier molecular flexibility index (Phi) is 2.56. The molecule has 0 saturated heterocycles. The molecule has 0 aliphatic carbocycles. The summed E-state index contributed by atoms with van der Waals surface area (Å²) in [4.78, 5) is 12.7. The first-order valence-corrected chi connectivity index (χ1v) is 5.17. The first-order chi connectivity index (χ1) is 7.63. The number of rotatable bonds is 2. The molecular weight excluding hydrogens is 200 g/mol. The van der Waals surface area contributed by atoms with Gasteiger partial charge in [0.2, 0.25) is 0 Å². The Morgan fingerprint density at radius 3 is 2.44 bits per heavy atom. The van der Waals surface area contributed by atoms with Crippen LogP contribution in [0, 0.1) is 6.92 Å². The summed E-state index contributed by atoms with van der Waals surface area (Å²) in [7, 11) is 0. The standard InChI is InChI=1S/C12H14N4/c1-5-16-9(3)8(2)15-12(16)11-6-13-10(4)14-7-11/h6-7H,2-3,5H2,1,4H3. The zero-order valence-corrected chi connectivity index (χ0v) is 9.56. The minimum absolute atomic E-state index is 0.706. The highest BCUT2D eigenvalue weighted by molar-refractivity contribution is 5.52. The van der Waals surface area contributed by atoms with E-state index in [1.54, 1.807) is 12.4 Å². The summed E-state index contributed by atoms with van der Waals surface area (Å²) in [6.07, 6.45) is 3.55. The van der Waals surface area contributed by atoms with Crippen LogP contribution in [-0.4, -0.2) is 19.5 Å². The molecule has 0 spiro atoms. The largest absolute Gasteiger partial charge is 0.325 e. The van der Waals surface area contributed by atoms with Crippen LogP contribution in [0.15, 0.2) is 12.4 Å². The number of aryl methyl sites for hydroxylation is 1. The van der Waals surface area contributed by atoms with Crippen LogP contribution in [0.1, 0.15) is 12.7 Å². The van der Waals surface area contributed by atoms with Crippen molar-refractivity contribution in [1.82, 2.24) is 19.5 Å². The lowest BCUT2D eigenvalue weighted by atomic mass is 10.3. The van der Waals surface area contributed by atoms with Gasteiger partial charge in [0.15, 0.2) is 0 Å². The van der Waals surface area contributed by atoms with Crippen LogP contribution >= 0.6 is 0 Å². The van der Waals surface area contributed by atoms with Gasteiger partial charge in [0.1, 0.15) is 11.6 Å². The fourth-order valence-corrected chi connectivity index (χ4v) is 1.61. The zero-order chi connectivity index (χ0) is 11.7. The number of hydrogen-bond donors (Lipinski definition) is 0. The van der Waals surface area contributed by atoms with Crippen molar-refractivity contribution >= 4 is 13.2 Å². The SMILES string of the molecule is C=c1nc(-c2cnc(C)nc2)n(CC)c1=C. The molecule has 0 aromatic carbocycles. The maximum atomic E-state index is 4.39. The quantitative estimate of drug-likeness (QED) is 0.730. The second-order valence-corrected chi connectivity index (χ2v) is 3.59. The van der Waals surface area contributed by atoms with Crippen LogP contribution in [0.2, 0.25) is 0 Å². The van der Waals surface area contributed by atoms with E-state index in [0.717, 1.165) is 29.1 Å². The van der Waals surface area contributed by atoms with Gasteiger partial charge >= 0.3 is 0 Å². The summed E-state index contributed by atoms with van der Waals surface area (Å²) in [5.74, 6) is 1.58. The van der Waals surface area contributed by atoms with E-state index in [1.165, 1.54) is 0 Å². The maximum absolute atomic E-state index is 4.39. The Morgan fingerprint density at radius 2 is 1.88 bits per heavy atom. The van der Waals surface area contributed by atoms with E-state index in [9.17, 15) is 0 Å². The molecule has 2 aromatic rings. The van der Waals surface area contributed by atoms with Crippen molar-refractivity contribution in [2.75, 3.05) is 0 Å². The smallest absolute Gasteiger partial charge is 0.144 e. The molecular formula is C12H14N4. The minimum atomic E-state index is 0.706. The van der Waals surface area contributed by atoms with Crippen LogP contribution in [-0.2, 0) is 6.54 Å². The van der Waals surface area contributed by atoms with E-state index < -0.39 is 0 Å². The molecule has 0 bridgehead atoms. The molecule has 16 heavy (non-hydrogen) atoms. The molecule has 2 rings (SSSR count). The molecule has 0 amide bonds. The lowest BCUT2D eigenvalue weighted by Gasteiger charge is -2.04. The second kappa shape index (κ2) is 3.89. The van der Waals surface area contributed by atoms with E-state index in [2.05, 4.69) is 28.1 Å². The predicted molar refractivity (Wildman–Crippen MR) is 64.0 cm³/mol. The molecule has 0 saturated carbocycles. The van der Waals surface area contributed by atoms with E-state index >= 15 is 0 Å². The Bertz CT molecular complexity index is 595.